The van der Waals surface area contributed by atoms with E-state index in [1.807, 2.05) is 0 Å². The van der Waals surface area contributed by atoms with Gasteiger partial charge in [0.05, 0.1) is 7.11 Å². The molecule has 2 spiro atoms. The smallest absolute Gasteiger partial charge is 0.305 e. The van der Waals surface area contributed by atoms with E-state index in [2.05, 4.69) is 66.7 Å². The largest absolute Gasteiger partial charge is 0.469 e. The van der Waals surface area contributed by atoms with E-state index in [1.165, 1.54) is 43.6 Å². The molecular weight excluding hydrogens is 645 g/mol. The second kappa shape index (κ2) is 6.56. The van der Waals surface area contributed by atoms with Crippen LogP contribution in [0.15, 0.2) is 77.9 Å². The highest BCUT2D eigenvalue weighted by Crippen LogP contribution is 2.95. The molecule has 0 heterocycles. The third-order valence-corrected chi connectivity index (χ3v) is 17.2. The molecule has 0 radical (unpaired) electrons. The van der Waals surface area contributed by atoms with Crippen LogP contribution in [0.4, 0.5) is 0 Å². The molecule has 1 saturated carbocycles. The molecule has 3 atom stereocenters. The Hall–Kier alpha value is -5.73. The second-order valence-corrected chi connectivity index (χ2v) is 18.2. The summed E-state index contributed by atoms with van der Waals surface area (Å²) in [5.74, 6) is -0.0921. The van der Waals surface area contributed by atoms with Crippen molar-refractivity contribution in [3.05, 3.63) is 122 Å². The summed E-state index contributed by atoms with van der Waals surface area (Å²) in [5, 5.41) is 27.9. The quantitative estimate of drug-likeness (QED) is 0.135. The molecule has 2 nitrogen and oxygen atoms in total. The first-order chi connectivity index (χ1) is 26.1. The van der Waals surface area contributed by atoms with Crippen LogP contribution < -0.4 is 0 Å². The fourth-order valence-corrected chi connectivity index (χ4v) is 16.6. The minimum Gasteiger partial charge on any atom is -0.469 e. The van der Waals surface area contributed by atoms with Gasteiger partial charge in [-0.25, -0.2) is 0 Å². The molecule has 0 bridgehead atoms. The zero-order valence-electron chi connectivity index (χ0n) is 28.9. The van der Waals surface area contributed by atoms with Crippen molar-refractivity contribution in [2.45, 2.75) is 54.8 Å². The summed E-state index contributed by atoms with van der Waals surface area (Å²) in [5.41, 5.74) is 17.0. The van der Waals surface area contributed by atoms with E-state index >= 15 is 0 Å². The SMILES string of the molecule is COC(=O)CCCC1(c2ccccc2)C23C4=CC5=C6c7c8c(cc9cc%10cc%11cc%12c%13c%11c%11c%10c(c98)c8c7c(c7c9c2c(cc(c9c%13c7c8%11)C%12)C4)C613)C5. The minimum absolute atomic E-state index is 0.0921. The van der Waals surface area contributed by atoms with Crippen molar-refractivity contribution in [3.63, 3.8) is 0 Å². The molecule has 242 valence electrons. The van der Waals surface area contributed by atoms with Crippen molar-refractivity contribution in [3.8, 4) is 0 Å². The van der Waals surface area contributed by atoms with Crippen molar-refractivity contribution in [1.82, 2.24) is 0 Å². The molecule has 11 aromatic rings. The molecular formula is C51H26O2. The van der Waals surface area contributed by atoms with Crippen LogP contribution in [-0.2, 0) is 45.0 Å². The normalized spacial score (nSPS) is 26.2. The van der Waals surface area contributed by atoms with Gasteiger partial charge in [0.1, 0.15) is 0 Å². The maximum Gasteiger partial charge on any atom is 0.305 e. The number of ether oxygens (including phenoxy) is 1. The van der Waals surface area contributed by atoms with Gasteiger partial charge in [0.2, 0.25) is 0 Å². The van der Waals surface area contributed by atoms with Crippen molar-refractivity contribution >= 4 is 108 Å². The zero-order chi connectivity index (χ0) is 33.5. The summed E-state index contributed by atoms with van der Waals surface area (Å²) >= 11 is 0. The summed E-state index contributed by atoms with van der Waals surface area (Å²) < 4.78 is 5.30. The Bertz CT molecular complexity index is 3840. The van der Waals surface area contributed by atoms with Crippen LogP contribution >= 0.6 is 0 Å². The lowest BCUT2D eigenvalue weighted by Crippen LogP contribution is -2.28. The molecule has 0 saturated heterocycles. The Balaban J connectivity index is 1.21. The molecule has 53 heavy (non-hydrogen) atoms. The lowest BCUT2D eigenvalue weighted by Gasteiger charge is -2.34. The third-order valence-electron chi connectivity index (χ3n) is 17.2. The Morgan fingerprint density at radius 2 is 1.25 bits per heavy atom. The van der Waals surface area contributed by atoms with Crippen LogP contribution in [0.25, 0.3) is 103 Å². The maximum absolute atomic E-state index is 12.9. The number of rotatable bonds is 5. The topological polar surface area (TPSA) is 26.3 Å². The molecule has 7 aliphatic rings. The van der Waals surface area contributed by atoms with E-state index in [0.29, 0.717) is 6.42 Å². The fraction of sp³-hybridized carbons (Fsp3) is 0.196. The molecule has 0 N–H and O–H groups in total. The Morgan fingerprint density at radius 3 is 2.08 bits per heavy atom. The maximum atomic E-state index is 12.9. The average Bonchev–Trinajstić information content (AvgIpc) is 3.86. The van der Waals surface area contributed by atoms with Crippen LogP contribution in [0.2, 0.25) is 0 Å². The second-order valence-electron chi connectivity index (χ2n) is 18.2. The van der Waals surface area contributed by atoms with E-state index in [0.717, 1.165) is 32.1 Å². The van der Waals surface area contributed by atoms with E-state index < -0.39 is 0 Å². The summed E-state index contributed by atoms with van der Waals surface area (Å²) in [6, 6.07) is 24.7. The number of methoxy groups -OCH3 is 1. The van der Waals surface area contributed by atoms with Crippen molar-refractivity contribution in [1.29, 1.82) is 0 Å². The summed E-state index contributed by atoms with van der Waals surface area (Å²) in [4.78, 5) is 12.9. The van der Waals surface area contributed by atoms with Gasteiger partial charge in [0.25, 0.3) is 0 Å². The van der Waals surface area contributed by atoms with E-state index in [1.54, 1.807) is 122 Å². The number of benzene rings is 7. The van der Waals surface area contributed by atoms with Crippen LogP contribution in [0.1, 0.15) is 63.8 Å². The summed E-state index contributed by atoms with van der Waals surface area (Å²) in [7, 11) is 1.55. The van der Waals surface area contributed by atoms with Crippen LogP contribution in [0, 0.1) is 0 Å². The summed E-state index contributed by atoms with van der Waals surface area (Å²) in [6.45, 7) is 0. The van der Waals surface area contributed by atoms with Gasteiger partial charge >= 0.3 is 5.97 Å². The van der Waals surface area contributed by atoms with Gasteiger partial charge in [-0.3, -0.25) is 4.79 Å². The number of hydrogen-bond acceptors (Lipinski definition) is 2. The molecule has 7 aliphatic carbocycles. The molecule has 2 heteroatoms. The Kier molecular flexibility index (Phi) is 3.03. The first-order valence-corrected chi connectivity index (χ1v) is 19.8. The van der Waals surface area contributed by atoms with Crippen molar-refractivity contribution in [2.75, 3.05) is 7.11 Å². The highest BCUT2D eigenvalue weighted by molar-refractivity contribution is 6.60. The van der Waals surface area contributed by atoms with Crippen molar-refractivity contribution < 1.29 is 9.53 Å². The van der Waals surface area contributed by atoms with Gasteiger partial charge in [-0.15, -0.1) is 0 Å². The third kappa shape index (κ3) is 1.77. The average molecular weight is 671 g/mol. The molecule has 1 fully saturated rings. The van der Waals surface area contributed by atoms with E-state index in [-0.39, 0.29) is 22.2 Å². The molecule has 0 aliphatic heterocycles. The van der Waals surface area contributed by atoms with Crippen LogP contribution in [0.3, 0.4) is 0 Å². The van der Waals surface area contributed by atoms with Gasteiger partial charge in [-0.1, -0.05) is 60.2 Å². The predicted octanol–water partition coefficient (Wildman–Crippen LogP) is 11.2. The lowest BCUT2D eigenvalue weighted by molar-refractivity contribution is -0.140. The fourth-order valence-electron chi connectivity index (χ4n) is 16.6. The molecule has 11 aromatic carbocycles. The molecule has 0 amide bonds. The first-order valence-electron chi connectivity index (χ1n) is 19.8. The van der Waals surface area contributed by atoms with Gasteiger partial charge in [0.15, 0.2) is 0 Å². The first kappa shape index (κ1) is 24.5. The van der Waals surface area contributed by atoms with E-state index in [4.69, 9.17) is 4.74 Å². The Labute approximate surface area is 301 Å². The van der Waals surface area contributed by atoms with E-state index in [9.17, 15) is 4.79 Å². The number of esters is 1. The van der Waals surface area contributed by atoms with Crippen LogP contribution in [-0.4, -0.2) is 13.1 Å². The van der Waals surface area contributed by atoms with Gasteiger partial charge in [0, 0.05) is 22.7 Å². The highest BCUT2D eigenvalue weighted by atomic mass is 16.5. The Morgan fingerprint density at radius 1 is 0.604 bits per heavy atom. The number of hydrogen-bond donors (Lipinski definition) is 0. The van der Waals surface area contributed by atoms with Gasteiger partial charge in [-0.05, 0) is 197 Å². The zero-order valence-corrected chi connectivity index (χ0v) is 28.9. The summed E-state index contributed by atoms with van der Waals surface area (Å²) in [6.07, 6.45) is 8.05. The monoisotopic (exact) mass is 670 g/mol. The number of carbonyl (C=O) groups excluding carboxylic acids is 1. The molecule has 3 unspecified atom stereocenters. The predicted molar refractivity (Wildman–Crippen MR) is 214 cm³/mol. The lowest BCUT2D eigenvalue weighted by atomic mass is 9.67. The number of allylic oxidation sites excluding steroid dienone is 4. The van der Waals surface area contributed by atoms with Crippen LogP contribution in [0.5, 0.6) is 0 Å². The standard InChI is InChI=1S/C51H26O2/c1-53-29(52)8-5-9-49(27-6-3-2-4-7-27)50-28-17-25-16-24-14-20-10-19-11-22-12-21-13-23-15-26(18-28)47-42-33(23)32(21)37-34(22)36-30(19)31(20)38-35(24)43(46(25)50)45-41(38)39(36)40(37)44(42)48(45)51(47,49)50/h2-4,6-7,10-13,16,18H,5,8-9,14-15,17H2,1H3. The molecule has 18 rings (SSSR count). The number of carbonyl (C=O) groups is 1. The van der Waals surface area contributed by atoms with Crippen molar-refractivity contribution in [2.24, 2.45) is 0 Å². The molecule has 0 aromatic heterocycles. The van der Waals surface area contributed by atoms with Gasteiger partial charge in [-0.2, -0.15) is 0 Å². The highest BCUT2D eigenvalue weighted by Gasteiger charge is 2.94. The minimum atomic E-state index is -0.194. The van der Waals surface area contributed by atoms with Gasteiger partial charge < -0.3 is 4.74 Å².